The van der Waals surface area contributed by atoms with E-state index in [0.29, 0.717) is 0 Å². The van der Waals surface area contributed by atoms with E-state index in [1.165, 1.54) is 12.7 Å². The molecule has 0 saturated carbocycles. The smallest absolute Gasteiger partial charge is 0.332 e. The van der Waals surface area contributed by atoms with Gasteiger partial charge in [0.1, 0.15) is 0 Å². The average Bonchev–Trinajstić information content (AvgIpc) is 2.53. The molecule has 21 heavy (non-hydrogen) atoms. The normalized spacial score (nSPS) is 11.8. The maximum absolute atomic E-state index is 12.1. The quantitative estimate of drug-likeness (QED) is 0.846. The molecule has 2 rings (SSSR count). The number of esters is 1. The Kier molecular flexibility index (Phi) is 4.99. The Morgan fingerprint density at radius 2 is 1.81 bits per heavy atom. The number of hydrogen-bond donors (Lipinski definition) is 1. The third kappa shape index (κ3) is 3.63. The van der Waals surface area contributed by atoms with Crippen molar-refractivity contribution < 1.29 is 9.53 Å². The van der Waals surface area contributed by atoms with Crippen LogP contribution in [0.5, 0.6) is 0 Å². The van der Waals surface area contributed by atoms with Crippen LogP contribution < -0.4 is 5.32 Å². The number of anilines is 1. The molecule has 0 fully saturated rings. The molecule has 2 aromatic rings. The summed E-state index contributed by atoms with van der Waals surface area (Å²) in [6, 6.07) is 15.4. The minimum Gasteiger partial charge on any atom is -0.467 e. The van der Waals surface area contributed by atoms with Crippen LogP contribution in [0.4, 0.5) is 5.69 Å². The summed E-state index contributed by atoms with van der Waals surface area (Å²) < 4.78 is 4.93. The van der Waals surface area contributed by atoms with Crippen LogP contribution in [-0.2, 0) is 16.0 Å². The van der Waals surface area contributed by atoms with Crippen LogP contribution in [0.25, 0.3) is 0 Å². The van der Waals surface area contributed by atoms with E-state index < -0.39 is 6.04 Å². The number of para-hydroxylation sites is 1. The molecule has 0 saturated heterocycles. The van der Waals surface area contributed by atoms with E-state index in [1.807, 2.05) is 55.5 Å². The topological polar surface area (TPSA) is 38.3 Å². The monoisotopic (exact) mass is 283 g/mol. The predicted molar refractivity (Wildman–Crippen MR) is 85.4 cm³/mol. The third-order valence-corrected chi connectivity index (χ3v) is 3.60. The van der Waals surface area contributed by atoms with Crippen LogP contribution in [0.2, 0.25) is 0 Å². The second kappa shape index (κ2) is 6.93. The number of aryl methyl sites for hydroxylation is 2. The van der Waals surface area contributed by atoms with Crippen LogP contribution in [0, 0.1) is 6.92 Å². The SMILES string of the molecule is CCc1ccc(C(Nc2ccccc2C)C(=O)OC)cc1. The summed E-state index contributed by atoms with van der Waals surface area (Å²) in [4.78, 5) is 12.1. The summed E-state index contributed by atoms with van der Waals surface area (Å²) >= 11 is 0. The van der Waals surface area contributed by atoms with Gasteiger partial charge in [0.05, 0.1) is 7.11 Å². The van der Waals surface area contributed by atoms with E-state index in [4.69, 9.17) is 4.74 Å². The molecule has 1 unspecified atom stereocenters. The maximum Gasteiger partial charge on any atom is 0.332 e. The molecule has 3 nitrogen and oxygen atoms in total. The van der Waals surface area contributed by atoms with Crippen molar-refractivity contribution in [2.24, 2.45) is 0 Å². The molecule has 0 spiro atoms. The van der Waals surface area contributed by atoms with Gasteiger partial charge in [0.2, 0.25) is 0 Å². The van der Waals surface area contributed by atoms with Crippen molar-refractivity contribution in [1.82, 2.24) is 0 Å². The van der Waals surface area contributed by atoms with Crippen molar-refractivity contribution in [3.05, 3.63) is 65.2 Å². The Labute approximate surface area is 126 Å². The van der Waals surface area contributed by atoms with Crippen LogP contribution in [0.15, 0.2) is 48.5 Å². The number of carbonyl (C=O) groups excluding carboxylic acids is 1. The summed E-state index contributed by atoms with van der Waals surface area (Å²) in [5.74, 6) is -0.289. The van der Waals surface area contributed by atoms with Gasteiger partial charge in [0.25, 0.3) is 0 Å². The summed E-state index contributed by atoms with van der Waals surface area (Å²) in [5.41, 5.74) is 4.18. The van der Waals surface area contributed by atoms with Crippen molar-refractivity contribution >= 4 is 11.7 Å². The number of methoxy groups -OCH3 is 1. The van der Waals surface area contributed by atoms with Crippen molar-refractivity contribution in [3.8, 4) is 0 Å². The first kappa shape index (κ1) is 15.1. The second-order valence-electron chi connectivity index (χ2n) is 5.01. The summed E-state index contributed by atoms with van der Waals surface area (Å²) in [7, 11) is 1.41. The molecule has 1 atom stereocenters. The van der Waals surface area contributed by atoms with Gasteiger partial charge >= 0.3 is 5.97 Å². The maximum atomic E-state index is 12.1. The van der Waals surface area contributed by atoms with Crippen molar-refractivity contribution in [3.63, 3.8) is 0 Å². The zero-order chi connectivity index (χ0) is 15.2. The van der Waals surface area contributed by atoms with Crippen LogP contribution >= 0.6 is 0 Å². The lowest BCUT2D eigenvalue weighted by Crippen LogP contribution is -2.22. The van der Waals surface area contributed by atoms with Gasteiger partial charge < -0.3 is 10.1 Å². The molecule has 1 N–H and O–H groups in total. The van der Waals surface area contributed by atoms with Crippen molar-refractivity contribution in [2.45, 2.75) is 26.3 Å². The van der Waals surface area contributed by atoms with E-state index >= 15 is 0 Å². The standard InChI is InChI=1S/C18H21NO2/c1-4-14-9-11-15(12-10-14)17(18(20)21-3)19-16-8-6-5-7-13(16)2/h5-12,17,19H,4H2,1-3H3. The molecule has 0 aliphatic heterocycles. The highest BCUT2D eigenvalue weighted by atomic mass is 16.5. The summed E-state index contributed by atoms with van der Waals surface area (Å²) in [5, 5.41) is 3.28. The van der Waals surface area contributed by atoms with Gasteiger partial charge in [-0.3, -0.25) is 0 Å². The lowest BCUT2D eigenvalue weighted by molar-refractivity contribution is -0.141. The first-order chi connectivity index (χ1) is 10.2. The molecule has 0 aliphatic rings. The lowest BCUT2D eigenvalue weighted by Gasteiger charge is -2.19. The number of rotatable bonds is 5. The number of hydrogen-bond acceptors (Lipinski definition) is 3. The largest absolute Gasteiger partial charge is 0.467 e. The third-order valence-electron chi connectivity index (χ3n) is 3.60. The van der Waals surface area contributed by atoms with E-state index in [1.54, 1.807) is 0 Å². The second-order valence-corrected chi connectivity index (χ2v) is 5.01. The first-order valence-corrected chi connectivity index (χ1v) is 7.14. The molecular formula is C18H21NO2. The zero-order valence-electron chi connectivity index (χ0n) is 12.7. The van der Waals surface area contributed by atoms with E-state index in [-0.39, 0.29) is 5.97 Å². The van der Waals surface area contributed by atoms with Gasteiger partial charge in [-0.25, -0.2) is 4.79 Å². The Morgan fingerprint density at radius 1 is 1.14 bits per heavy atom. The van der Waals surface area contributed by atoms with Crippen molar-refractivity contribution in [2.75, 3.05) is 12.4 Å². The summed E-state index contributed by atoms with van der Waals surface area (Å²) in [6.45, 7) is 4.12. The Hall–Kier alpha value is -2.29. The molecule has 0 radical (unpaired) electrons. The van der Waals surface area contributed by atoms with Gasteiger partial charge in [-0.05, 0) is 36.1 Å². The molecule has 0 amide bonds. The predicted octanol–water partition coefficient (Wildman–Crippen LogP) is 3.88. The fourth-order valence-corrected chi connectivity index (χ4v) is 2.23. The van der Waals surface area contributed by atoms with Gasteiger partial charge in [0, 0.05) is 5.69 Å². The fraction of sp³-hybridized carbons (Fsp3) is 0.278. The molecule has 0 bridgehead atoms. The van der Waals surface area contributed by atoms with Gasteiger partial charge in [-0.1, -0.05) is 49.4 Å². The van der Waals surface area contributed by atoms with Gasteiger partial charge in [-0.15, -0.1) is 0 Å². The van der Waals surface area contributed by atoms with Gasteiger partial charge in [-0.2, -0.15) is 0 Å². The minimum absolute atomic E-state index is 0.289. The fourth-order valence-electron chi connectivity index (χ4n) is 2.23. The van der Waals surface area contributed by atoms with Gasteiger partial charge in [0.15, 0.2) is 6.04 Å². The number of carbonyl (C=O) groups is 1. The minimum atomic E-state index is -0.498. The zero-order valence-corrected chi connectivity index (χ0v) is 12.7. The van der Waals surface area contributed by atoms with E-state index in [9.17, 15) is 4.79 Å². The Bertz CT molecular complexity index is 605. The van der Waals surface area contributed by atoms with Crippen LogP contribution in [0.3, 0.4) is 0 Å². The summed E-state index contributed by atoms with van der Waals surface area (Å²) in [6.07, 6.45) is 0.981. The molecule has 0 aromatic heterocycles. The molecule has 3 heteroatoms. The Morgan fingerprint density at radius 3 is 2.38 bits per heavy atom. The Balaban J connectivity index is 2.30. The highest BCUT2D eigenvalue weighted by Gasteiger charge is 2.21. The van der Waals surface area contributed by atoms with Crippen molar-refractivity contribution in [1.29, 1.82) is 0 Å². The first-order valence-electron chi connectivity index (χ1n) is 7.14. The molecular weight excluding hydrogens is 262 g/mol. The number of benzene rings is 2. The average molecular weight is 283 g/mol. The van der Waals surface area contributed by atoms with E-state index in [0.717, 1.165) is 23.2 Å². The lowest BCUT2D eigenvalue weighted by atomic mass is 10.0. The van der Waals surface area contributed by atoms with Crippen LogP contribution in [-0.4, -0.2) is 13.1 Å². The highest BCUT2D eigenvalue weighted by Crippen LogP contribution is 2.23. The highest BCUT2D eigenvalue weighted by molar-refractivity contribution is 5.81. The molecule has 0 heterocycles. The number of nitrogens with one attached hydrogen (secondary N) is 1. The molecule has 2 aromatic carbocycles. The number of ether oxygens (including phenoxy) is 1. The molecule has 110 valence electrons. The van der Waals surface area contributed by atoms with E-state index in [2.05, 4.69) is 12.2 Å². The molecule has 0 aliphatic carbocycles. The van der Waals surface area contributed by atoms with Crippen LogP contribution in [0.1, 0.15) is 29.7 Å².